The summed E-state index contributed by atoms with van der Waals surface area (Å²) in [5.74, 6) is 0. The molecule has 0 radical (unpaired) electrons. The number of carbonyl (C=O) groups is 1. The quantitative estimate of drug-likeness (QED) is 0.827. The van der Waals surface area contributed by atoms with Crippen LogP contribution in [0, 0.1) is 0 Å². The smallest absolute Gasteiger partial charge is 0.410 e. The molecule has 3 rings (SSSR count). The van der Waals surface area contributed by atoms with Crippen molar-refractivity contribution in [1.82, 2.24) is 4.90 Å². The Bertz CT molecular complexity index is 653. The number of halogens is 1. The van der Waals surface area contributed by atoms with Crippen molar-refractivity contribution in [2.45, 2.75) is 25.5 Å². The van der Waals surface area contributed by atoms with Gasteiger partial charge in [0.25, 0.3) is 0 Å². The lowest BCUT2D eigenvalue weighted by atomic mass is 10.1. The Labute approximate surface area is 150 Å². The maximum Gasteiger partial charge on any atom is 0.410 e. The predicted octanol–water partition coefficient (Wildman–Crippen LogP) is 4.66. The van der Waals surface area contributed by atoms with Crippen LogP contribution in [0.5, 0.6) is 0 Å². The lowest BCUT2D eigenvalue weighted by molar-refractivity contribution is 0.0882. The largest absolute Gasteiger partial charge is 0.445 e. The highest BCUT2D eigenvalue weighted by molar-refractivity contribution is 9.10. The molecule has 1 N–H and O–H groups in total. The maximum absolute atomic E-state index is 12.2. The summed E-state index contributed by atoms with van der Waals surface area (Å²) in [7, 11) is 0. The van der Waals surface area contributed by atoms with Gasteiger partial charge in [-0.15, -0.1) is 0 Å². The van der Waals surface area contributed by atoms with Crippen LogP contribution in [0.3, 0.4) is 0 Å². The van der Waals surface area contributed by atoms with E-state index in [9.17, 15) is 4.79 Å². The number of amides is 1. The minimum absolute atomic E-state index is 0.221. The number of ether oxygens (including phenoxy) is 1. The van der Waals surface area contributed by atoms with Crippen LogP contribution < -0.4 is 5.32 Å². The SMILES string of the molecule is O=C(OCc1ccccc1)N1CCC(Nc2ccc(Br)cc2)CC1. The predicted molar refractivity (Wildman–Crippen MR) is 99.0 cm³/mol. The molecule has 0 aromatic heterocycles. The van der Waals surface area contributed by atoms with Crippen LogP contribution in [-0.2, 0) is 11.3 Å². The summed E-state index contributed by atoms with van der Waals surface area (Å²) < 4.78 is 6.47. The number of anilines is 1. The van der Waals surface area contributed by atoms with Crippen molar-refractivity contribution < 1.29 is 9.53 Å². The van der Waals surface area contributed by atoms with Crippen LogP contribution in [0.4, 0.5) is 10.5 Å². The molecule has 1 fully saturated rings. The molecule has 1 heterocycles. The Morgan fingerprint density at radius 2 is 1.75 bits per heavy atom. The van der Waals surface area contributed by atoms with Gasteiger partial charge in [0.1, 0.15) is 6.61 Å². The van der Waals surface area contributed by atoms with E-state index in [1.54, 1.807) is 4.90 Å². The van der Waals surface area contributed by atoms with Crippen LogP contribution in [0.15, 0.2) is 59.1 Å². The minimum Gasteiger partial charge on any atom is -0.445 e. The third-order valence-electron chi connectivity index (χ3n) is 4.17. The third-order valence-corrected chi connectivity index (χ3v) is 4.70. The zero-order chi connectivity index (χ0) is 16.8. The van der Waals surface area contributed by atoms with Crippen LogP contribution in [-0.4, -0.2) is 30.1 Å². The molecule has 0 unspecified atom stereocenters. The van der Waals surface area contributed by atoms with Crippen LogP contribution in [0.1, 0.15) is 18.4 Å². The Hall–Kier alpha value is -2.01. The van der Waals surface area contributed by atoms with Gasteiger partial charge in [-0.05, 0) is 42.7 Å². The fourth-order valence-electron chi connectivity index (χ4n) is 2.80. The molecule has 5 heteroatoms. The molecule has 2 aromatic rings. The summed E-state index contributed by atoms with van der Waals surface area (Å²) >= 11 is 3.44. The Balaban J connectivity index is 1.42. The molecule has 126 valence electrons. The topological polar surface area (TPSA) is 41.6 Å². The average Bonchev–Trinajstić information content (AvgIpc) is 2.63. The van der Waals surface area contributed by atoms with Gasteiger partial charge in [0.15, 0.2) is 0 Å². The first-order valence-electron chi connectivity index (χ1n) is 8.18. The van der Waals surface area contributed by atoms with E-state index in [0.717, 1.165) is 41.7 Å². The van der Waals surface area contributed by atoms with Crippen molar-refractivity contribution >= 4 is 27.7 Å². The number of carbonyl (C=O) groups excluding carboxylic acids is 1. The van der Waals surface area contributed by atoms with Crippen LogP contribution >= 0.6 is 15.9 Å². The van der Waals surface area contributed by atoms with E-state index in [1.807, 2.05) is 42.5 Å². The van der Waals surface area contributed by atoms with Crippen LogP contribution in [0.25, 0.3) is 0 Å². The van der Waals surface area contributed by atoms with Crippen molar-refractivity contribution in [3.8, 4) is 0 Å². The lowest BCUT2D eigenvalue weighted by Crippen LogP contribution is -2.42. The second-order valence-corrected chi connectivity index (χ2v) is 6.87. The van der Waals surface area contributed by atoms with Crippen molar-refractivity contribution in [3.05, 3.63) is 64.6 Å². The highest BCUT2D eigenvalue weighted by Crippen LogP contribution is 2.19. The van der Waals surface area contributed by atoms with E-state index in [-0.39, 0.29) is 6.09 Å². The summed E-state index contributed by atoms with van der Waals surface area (Å²) in [6, 6.07) is 18.3. The first-order valence-corrected chi connectivity index (χ1v) is 8.98. The number of nitrogens with zero attached hydrogens (tertiary/aromatic N) is 1. The van der Waals surface area contributed by atoms with Gasteiger partial charge in [-0.3, -0.25) is 0 Å². The van der Waals surface area contributed by atoms with Gasteiger partial charge in [0.05, 0.1) is 0 Å². The van der Waals surface area contributed by atoms with Crippen molar-refractivity contribution in [1.29, 1.82) is 0 Å². The fourth-order valence-corrected chi connectivity index (χ4v) is 3.06. The zero-order valence-corrected chi connectivity index (χ0v) is 15.0. The standard InChI is InChI=1S/C19H21BrN2O2/c20-16-6-8-17(9-7-16)21-18-10-12-22(13-11-18)19(23)24-14-15-4-2-1-3-5-15/h1-9,18,21H,10-14H2. The molecule has 1 aliphatic rings. The van der Waals surface area contributed by atoms with E-state index < -0.39 is 0 Å². The number of hydrogen-bond donors (Lipinski definition) is 1. The first-order chi connectivity index (χ1) is 11.7. The molecular formula is C19H21BrN2O2. The van der Waals surface area contributed by atoms with Gasteiger partial charge >= 0.3 is 6.09 Å². The molecule has 24 heavy (non-hydrogen) atoms. The van der Waals surface area contributed by atoms with Crippen molar-refractivity contribution in [3.63, 3.8) is 0 Å². The molecule has 0 aliphatic carbocycles. The van der Waals surface area contributed by atoms with E-state index in [0.29, 0.717) is 12.6 Å². The summed E-state index contributed by atoms with van der Waals surface area (Å²) in [6.07, 6.45) is 1.63. The molecule has 0 spiro atoms. The summed E-state index contributed by atoms with van der Waals surface area (Å²) in [5.41, 5.74) is 2.13. The summed E-state index contributed by atoms with van der Waals surface area (Å²) in [4.78, 5) is 13.9. The normalized spacial score (nSPS) is 15.1. The Morgan fingerprint density at radius 1 is 1.08 bits per heavy atom. The van der Waals surface area contributed by atoms with Gasteiger partial charge in [-0.2, -0.15) is 0 Å². The molecule has 1 saturated heterocycles. The molecule has 4 nitrogen and oxygen atoms in total. The molecule has 2 aromatic carbocycles. The van der Waals surface area contributed by atoms with Gasteiger partial charge in [-0.25, -0.2) is 4.79 Å². The third kappa shape index (κ3) is 4.74. The highest BCUT2D eigenvalue weighted by Gasteiger charge is 2.23. The number of piperidine rings is 1. The van der Waals surface area contributed by atoms with Gasteiger partial charge < -0.3 is 15.0 Å². The van der Waals surface area contributed by atoms with Gasteiger partial charge in [-0.1, -0.05) is 46.3 Å². The number of hydrogen-bond acceptors (Lipinski definition) is 3. The van der Waals surface area contributed by atoms with Crippen LogP contribution in [0.2, 0.25) is 0 Å². The lowest BCUT2D eigenvalue weighted by Gasteiger charge is -2.32. The molecule has 0 bridgehead atoms. The molecule has 1 amide bonds. The molecular weight excluding hydrogens is 368 g/mol. The highest BCUT2D eigenvalue weighted by atomic mass is 79.9. The summed E-state index contributed by atoms with van der Waals surface area (Å²) in [5, 5.41) is 3.53. The first kappa shape index (κ1) is 16.8. The Kier molecular flexibility index (Phi) is 5.75. The van der Waals surface area contributed by atoms with E-state index in [1.165, 1.54) is 0 Å². The number of nitrogens with one attached hydrogen (secondary N) is 1. The number of likely N-dealkylation sites (tertiary alicyclic amines) is 1. The van der Waals surface area contributed by atoms with E-state index in [4.69, 9.17) is 4.74 Å². The van der Waals surface area contributed by atoms with Crippen molar-refractivity contribution in [2.24, 2.45) is 0 Å². The number of benzene rings is 2. The molecule has 0 atom stereocenters. The number of rotatable bonds is 4. The minimum atomic E-state index is -0.221. The van der Waals surface area contributed by atoms with E-state index >= 15 is 0 Å². The van der Waals surface area contributed by atoms with E-state index in [2.05, 4.69) is 33.4 Å². The zero-order valence-electron chi connectivity index (χ0n) is 13.5. The Morgan fingerprint density at radius 3 is 2.42 bits per heavy atom. The second-order valence-electron chi connectivity index (χ2n) is 5.95. The monoisotopic (exact) mass is 388 g/mol. The fraction of sp³-hybridized carbons (Fsp3) is 0.316. The summed E-state index contributed by atoms with van der Waals surface area (Å²) in [6.45, 7) is 1.78. The second kappa shape index (κ2) is 8.20. The van der Waals surface area contributed by atoms with Gasteiger partial charge in [0.2, 0.25) is 0 Å². The average molecular weight is 389 g/mol. The van der Waals surface area contributed by atoms with Crippen molar-refractivity contribution in [2.75, 3.05) is 18.4 Å². The molecule has 0 saturated carbocycles. The maximum atomic E-state index is 12.2. The van der Waals surface area contributed by atoms with Gasteiger partial charge in [0, 0.05) is 29.3 Å². The molecule has 1 aliphatic heterocycles.